The summed E-state index contributed by atoms with van der Waals surface area (Å²) in [5.74, 6) is 0.200. The smallest absolute Gasteiger partial charge is 0.337 e. The van der Waals surface area contributed by atoms with Gasteiger partial charge in [-0.25, -0.2) is 10.2 Å². The predicted octanol–water partition coefficient (Wildman–Crippen LogP) is 3.25. The summed E-state index contributed by atoms with van der Waals surface area (Å²) in [7, 11) is 0. The van der Waals surface area contributed by atoms with Gasteiger partial charge in [-0.3, -0.25) is 10.2 Å². The van der Waals surface area contributed by atoms with Crippen LogP contribution in [-0.2, 0) is 0 Å². The molecule has 0 radical (unpaired) electrons. The number of rotatable bonds is 5. The molecular formula is C18H21N3O3. The Labute approximate surface area is 141 Å². The fourth-order valence-corrected chi connectivity index (χ4v) is 2.00. The van der Waals surface area contributed by atoms with Crippen molar-refractivity contribution >= 4 is 17.6 Å². The molecule has 0 heterocycles. The van der Waals surface area contributed by atoms with Gasteiger partial charge >= 0.3 is 6.03 Å². The third-order valence-corrected chi connectivity index (χ3v) is 3.25. The van der Waals surface area contributed by atoms with Gasteiger partial charge in [-0.15, -0.1) is 0 Å². The van der Waals surface area contributed by atoms with Crippen molar-refractivity contribution in [2.24, 2.45) is 0 Å². The lowest BCUT2D eigenvalue weighted by molar-refractivity contribution is 0.0937. The van der Waals surface area contributed by atoms with Crippen molar-refractivity contribution in [3.63, 3.8) is 0 Å². The summed E-state index contributed by atoms with van der Waals surface area (Å²) in [6.07, 6.45) is 0.886. The molecule has 24 heavy (non-hydrogen) atoms. The van der Waals surface area contributed by atoms with Crippen LogP contribution in [0.5, 0.6) is 5.75 Å². The Morgan fingerprint density at radius 3 is 2.58 bits per heavy atom. The van der Waals surface area contributed by atoms with Gasteiger partial charge in [0.1, 0.15) is 5.75 Å². The average molecular weight is 327 g/mol. The van der Waals surface area contributed by atoms with E-state index < -0.39 is 11.9 Å². The van der Waals surface area contributed by atoms with E-state index in [2.05, 4.69) is 16.2 Å². The van der Waals surface area contributed by atoms with Crippen LogP contribution >= 0.6 is 0 Å². The fraction of sp³-hybridized carbons (Fsp3) is 0.222. The van der Waals surface area contributed by atoms with Crippen LogP contribution in [0.3, 0.4) is 0 Å². The molecule has 2 aromatic rings. The van der Waals surface area contributed by atoms with Crippen molar-refractivity contribution in [3.8, 4) is 5.75 Å². The highest BCUT2D eigenvalue weighted by Crippen LogP contribution is 2.14. The monoisotopic (exact) mass is 327 g/mol. The zero-order valence-electron chi connectivity index (χ0n) is 13.8. The molecule has 2 aromatic carbocycles. The Morgan fingerprint density at radius 2 is 1.83 bits per heavy atom. The Balaban J connectivity index is 1.88. The van der Waals surface area contributed by atoms with E-state index in [1.807, 2.05) is 32.0 Å². The Hall–Kier alpha value is -3.02. The van der Waals surface area contributed by atoms with Gasteiger partial charge in [0.15, 0.2) is 0 Å². The van der Waals surface area contributed by atoms with Gasteiger partial charge in [-0.1, -0.05) is 31.2 Å². The lowest BCUT2D eigenvalue weighted by atomic mass is 10.2. The SMILES string of the molecule is CCCOc1cccc(C(=O)NNC(=O)Nc2ccccc2C)c1. The number of carbonyl (C=O) groups excluding carboxylic acids is 2. The standard InChI is InChI=1S/C18H21N3O3/c1-3-11-24-15-9-6-8-14(12-15)17(22)20-21-18(23)19-16-10-5-4-7-13(16)2/h4-10,12H,3,11H2,1-2H3,(H,20,22)(H2,19,21,23). The highest BCUT2D eigenvalue weighted by Gasteiger charge is 2.09. The first-order valence-electron chi connectivity index (χ1n) is 7.76. The van der Waals surface area contributed by atoms with E-state index in [4.69, 9.17) is 4.74 Å². The zero-order valence-corrected chi connectivity index (χ0v) is 13.8. The molecule has 2 rings (SSSR count). The topological polar surface area (TPSA) is 79.5 Å². The highest BCUT2D eigenvalue weighted by atomic mass is 16.5. The van der Waals surface area contributed by atoms with E-state index in [1.54, 1.807) is 30.3 Å². The van der Waals surface area contributed by atoms with E-state index >= 15 is 0 Å². The second-order valence-corrected chi connectivity index (χ2v) is 5.22. The van der Waals surface area contributed by atoms with E-state index in [0.29, 0.717) is 23.6 Å². The number of amides is 3. The molecule has 0 aromatic heterocycles. The Morgan fingerprint density at radius 1 is 1.04 bits per heavy atom. The molecule has 0 saturated heterocycles. The predicted molar refractivity (Wildman–Crippen MR) is 93.0 cm³/mol. The first-order chi connectivity index (χ1) is 11.6. The van der Waals surface area contributed by atoms with Gasteiger partial charge in [0, 0.05) is 11.3 Å². The van der Waals surface area contributed by atoms with Gasteiger partial charge < -0.3 is 10.1 Å². The molecule has 6 nitrogen and oxygen atoms in total. The number of anilines is 1. The number of ether oxygens (including phenoxy) is 1. The lowest BCUT2D eigenvalue weighted by Crippen LogP contribution is -2.44. The number of carbonyl (C=O) groups is 2. The minimum Gasteiger partial charge on any atom is -0.494 e. The number of hydrazine groups is 1. The largest absolute Gasteiger partial charge is 0.494 e. The van der Waals surface area contributed by atoms with Crippen LogP contribution in [0.2, 0.25) is 0 Å². The summed E-state index contributed by atoms with van der Waals surface area (Å²) in [4.78, 5) is 23.9. The quantitative estimate of drug-likeness (QED) is 0.738. The molecule has 0 aliphatic carbocycles. The molecule has 0 spiro atoms. The van der Waals surface area contributed by atoms with E-state index in [0.717, 1.165) is 12.0 Å². The van der Waals surface area contributed by atoms with Gasteiger partial charge in [0.2, 0.25) is 0 Å². The number of hydrogen-bond donors (Lipinski definition) is 3. The molecule has 0 bridgehead atoms. The van der Waals surface area contributed by atoms with Crippen LogP contribution in [-0.4, -0.2) is 18.5 Å². The summed E-state index contributed by atoms with van der Waals surface area (Å²) >= 11 is 0. The summed E-state index contributed by atoms with van der Waals surface area (Å²) < 4.78 is 5.48. The van der Waals surface area contributed by atoms with E-state index in [9.17, 15) is 9.59 Å². The average Bonchev–Trinajstić information content (AvgIpc) is 2.60. The van der Waals surface area contributed by atoms with Gasteiger partial charge in [-0.2, -0.15) is 0 Å². The van der Waals surface area contributed by atoms with Crippen molar-refractivity contribution in [1.29, 1.82) is 0 Å². The summed E-state index contributed by atoms with van der Waals surface area (Å²) in [6, 6.07) is 13.6. The number of hydrogen-bond acceptors (Lipinski definition) is 3. The molecule has 3 amide bonds. The molecule has 126 valence electrons. The molecule has 3 N–H and O–H groups in total. The molecule has 0 aliphatic heterocycles. The van der Waals surface area contributed by atoms with Crippen LogP contribution in [0.15, 0.2) is 48.5 Å². The fourth-order valence-electron chi connectivity index (χ4n) is 2.00. The molecule has 0 aliphatic rings. The van der Waals surface area contributed by atoms with Crippen LogP contribution in [0.4, 0.5) is 10.5 Å². The molecule has 0 atom stereocenters. The van der Waals surface area contributed by atoms with Gasteiger partial charge in [-0.05, 0) is 43.2 Å². The third-order valence-electron chi connectivity index (χ3n) is 3.25. The first kappa shape index (κ1) is 17.3. The van der Waals surface area contributed by atoms with Crippen molar-refractivity contribution < 1.29 is 14.3 Å². The van der Waals surface area contributed by atoms with Crippen molar-refractivity contribution in [2.75, 3.05) is 11.9 Å². The van der Waals surface area contributed by atoms with Crippen molar-refractivity contribution in [2.45, 2.75) is 20.3 Å². The number of nitrogens with one attached hydrogen (secondary N) is 3. The number of aryl methyl sites for hydroxylation is 1. The van der Waals surface area contributed by atoms with Crippen LogP contribution in [0.25, 0.3) is 0 Å². The van der Waals surface area contributed by atoms with E-state index in [1.165, 1.54) is 0 Å². The maximum Gasteiger partial charge on any atom is 0.337 e. The second kappa shape index (κ2) is 8.57. The van der Waals surface area contributed by atoms with Crippen molar-refractivity contribution in [1.82, 2.24) is 10.9 Å². The number of para-hydroxylation sites is 1. The molecule has 0 unspecified atom stereocenters. The molecule has 0 saturated carbocycles. The lowest BCUT2D eigenvalue weighted by Gasteiger charge is -2.11. The van der Waals surface area contributed by atoms with Crippen LogP contribution < -0.4 is 20.9 Å². The minimum absolute atomic E-state index is 0.403. The van der Waals surface area contributed by atoms with Crippen LogP contribution in [0.1, 0.15) is 29.3 Å². The maximum absolute atomic E-state index is 12.1. The van der Waals surface area contributed by atoms with Gasteiger partial charge in [0.25, 0.3) is 5.91 Å². The van der Waals surface area contributed by atoms with E-state index in [-0.39, 0.29) is 0 Å². The Kier molecular flexibility index (Phi) is 6.19. The third kappa shape index (κ3) is 5.01. The maximum atomic E-state index is 12.1. The minimum atomic E-state index is -0.518. The molecule has 6 heteroatoms. The Bertz CT molecular complexity index is 716. The van der Waals surface area contributed by atoms with Crippen LogP contribution in [0, 0.1) is 6.92 Å². The first-order valence-corrected chi connectivity index (χ1v) is 7.76. The summed E-state index contributed by atoms with van der Waals surface area (Å²) in [6.45, 7) is 4.48. The molecular weight excluding hydrogens is 306 g/mol. The normalized spacial score (nSPS) is 9.92. The van der Waals surface area contributed by atoms with Crippen molar-refractivity contribution in [3.05, 3.63) is 59.7 Å². The summed E-state index contributed by atoms with van der Waals surface area (Å²) in [5, 5.41) is 2.67. The zero-order chi connectivity index (χ0) is 17.4. The second-order valence-electron chi connectivity index (χ2n) is 5.22. The summed E-state index contributed by atoms with van der Waals surface area (Å²) in [5.41, 5.74) is 6.71. The highest BCUT2D eigenvalue weighted by molar-refractivity contribution is 5.97. The number of benzene rings is 2. The molecule has 0 fully saturated rings. The number of urea groups is 1. The van der Waals surface area contributed by atoms with Gasteiger partial charge in [0.05, 0.1) is 6.61 Å².